The zero-order chi connectivity index (χ0) is 11.8. The molecule has 0 amide bonds. The van der Waals surface area contributed by atoms with Crippen LogP contribution < -0.4 is 0 Å². The van der Waals surface area contributed by atoms with Crippen molar-refractivity contribution in [1.29, 1.82) is 0 Å². The van der Waals surface area contributed by atoms with Gasteiger partial charge in [0.15, 0.2) is 0 Å². The molecule has 0 radical (unpaired) electrons. The average molecular weight is 218 g/mol. The van der Waals surface area contributed by atoms with E-state index in [0.29, 0.717) is 0 Å². The Morgan fingerprint density at radius 2 is 1.87 bits per heavy atom. The van der Waals surface area contributed by atoms with E-state index in [-0.39, 0.29) is 13.0 Å². The van der Waals surface area contributed by atoms with Crippen LogP contribution in [0.15, 0.2) is 0 Å². The predicted octanol–water partition coefficient (Wildman–Crippen LogP) is 0.346. The van der Waals surface area contributed by atoms with Gasteiger partial charge in [-0.3, -0.25) is 14.4 Å². The van der Waals surface area contributed by atoms with E-state index in [1.165, 1.54) is 0 Å². The molecule has 0 aromatic rings. The second-order valence-corrected chi connectivity index (χ2v) is 2.84. The third kappa shape index (κ3) is 7.48. The molecule has 1 atom stereocenters. The highest BCUT2D eigenvalue weighted by atomic mass is 16.6. The summed E-state index contributed by atoms with van der Waals surface area (Å²) in [6.45, 7) is 2.99. The van der Waals surface area contributed by atoms with E-state index in [9.17, 15) is 14.4 Å². The fraction of sp³-hybridized carbons (Fsp3) is 0.667. The zero-order valence-electron chi connectivity index (χ0n) is 8.69. The van der Waals surface area contributed by atoms with Crippen LogP contribution in [0.3, 0.4) is 0 Å². The molecule has 0 aromatic heterocycles. The predicted molar refractivity (Wildman–Crippen MR) is 49.1 cm³/mol. The first kappa shape index (κ1) is 13.4. The topological polar surface area (TPSA) is 89.9 Å². The molecule has 0 bridgehead atoms. The third-order valence-corrected chi connectivity index (χ3v) is 1.43. The Morgan fingerprint density at radius 3 is 2.27 bits per heavy atom. The Morgan fingerprint density at radius 1 is 1.27 bits per heavy atom. The van der Waals surface area contributed by atoms with Gasteiger partial charge in [-0.1, -0.05) is 0 Å². The minimum Gasteiger partial charge on any atom is -0.481 e. The molecule has 0 heterocycles. The van der Waals surface area contributed by atoms with Crippen LogP contribution in [0.4, 0.5) is 0 Å². The quantitative estimate of drug-likeness (QED) is 0.647. The largest absolute Gasteiger partial charge is 0.481 e. The molecule has 86 valence electrons. The standard InChI is InChI=1S/C9H14O6/c1-3-14-9(13)5-7(4-8(11)12)15-6(2)10/h7H,3-5H2,1-2H3,(H,11,12). The lowest BCUT2D eigenvalue weighted by atomic mass is 10.2. The molecule has 15 heavy (non-hydrogen) atoms. The summed E-state index contributed by atoms with van der Waals surface area (Å²) in [7, 11) is 0. The molecule has 0 aliphatic rings. The number of aliphatic carboxylic acids is 1. The number of carbonyl (C=O) groups is 3. The Bertz CT molecular complexity index is 231. The first-order valence-corrected chi connectivity index (χ1v) is 4.50. The summed E-state index contributed by atoms with van der Waals surface area (Å²) in [5.41, 5.74) is 0. The zero-order valence-corrected chi connectivity index (χ0v) is 8.69. The number of esters is 2. The third-order valence-electron chi connectivity index (χ3n) is 1.43. The highest BCUT2D eigenvalue weighted by Gasteiger charge is 2.20. The number of hydrogen-bond donors (Lipinski definition) is 1. The highest BCUT2D eigenvalue weighted by molar-refractivity contribution is 5.74. The maximum atomic E-state index is 11.0. The first-order chi connectivity index (χ1) is 6.95. The molecule has 0 saturated carbocycles. The molecule has 0 spiro atoms. The molecule has 1 unspecified atom stereocenters. The van der Waals surface area contributed by atoms with Crippen molar-refractivity contribution in [2.75, 3.05) is 6.61 Å². The number of carbonyl (C=O) groups excluding carboxylic acids is 2. The summed E-state index contributed by atoms with van der Waals surface area (Å²) in [6, 6.07) is 0. The van der Waals surface area contributed by atoms with E-state index < -0.39 is 30.4 Å². The Labute approximate surface area is 87.2 Å². The first-order valence-electron chi connectivity index (χ1n) is 4.50. The molecular formula is C9H14O6. The van der Waals surface area contributed by atoms with Gasteiger partial charge in [-0.25, -0.2) is 0 Å². The van der Waals surface area contributed by atoms with Gasteiger partial charge in [-0.05, 0) is 6.92 Å². The van der Waals surface area contributed by atoms with Crippen LogP contribution in [0.25, 0.3) is 0 Å². The lowest BCUT2D eigenvalue weighted by Gasteiger charge is -2.13. The summed E-state index contributed by atoms with van der Waals surface area (Å²) in [6.07, 6.45) is -1.60. The van der Waals surface area contributed by atoms with Crippen LogP contribution in [0.1, 0.15) is 26.7 Å². The molecule has 0 aliphatic heterocycles. The number of carboxylic acids is 1. The molecule has 0 aliphatic carbocycles. The molecule has 0 saturated heterocycles. The molecule has 0 aromatic carbocycles. The highest BCUT2D eigenvalue weighted by Crippen LogP contribution is 2.06. The van der Waals surface area contributed by atoms with E-state index >= 15 is 0 Å². The number of carboxylic acid groups (broad SMARTS) is 1. The van der Waals surface area contributed by atoms with Crippen LogP contribution in [0.2, 0.25) is 0 Å². The van der Waals surface area contributed by atoms with Gasteiger partial charge in [0.1, 0.15) is 6.10 Å². The van der Waals surface area contributed by atoms with Crippen molar-refractivity contribution in [3.63, 3.8) is 0 Å². The van der Waals surface area contributed by atoms with Gasteiger partial charge in [0.25, 0.3) is 0 Å². The minimum atomic E-state index is -1.13. The summed E-state index contributed by atoms with van der Waals surface area (Å²) in [5, 5.41) is 8.50. The lowest BCUT2D eigenvalue weighted by molar-refractivity contribution is -0.155. The van der Waals surface area contributed by atoms with Gasteiger partial charge < -0.3 is 14.6 Å². The fourth-order valence-corrected chi connectivity index (χ4v) is 0.991. The number of rotatable bonds is 6. The number of ether oxygens (including phenoxy) is 2. The molecule has 0 rings (SSSR count). The van der Waals surface area contributed by atoms with Crippen molar-refractivity contribution in [2.45, 2.75) is 32.8 Å². The van der Waals surface area contributed by atoms with E-state index in [4.69, 9.17) is 5.11 Å². The molecule has 6 nitrogen and oxygen atoms in total. The van der Waals surface area contributed by atoms with E-state index in [1.54, 1.807) is 6.92 Å². The van der Waals surface area contributed by atoms with Crippen molar-refractivity contribution in [3.05, 3.63) is 0 Å². The second kappa shape index (κ2) is 6.80. The van der Waals surface area contributed by atoms with E-state index in [0.717, 1.165) is 6.92 Å². The lowest BCUT2D eigenvalue weighted by Crippen LogP contribution is -2.24. The van der Waals surface area contributed by atoms with Gasteiger partial charge >= 0.3 is 17.9 Å². The van der Waals surface area contributed by atoms with Crippen molar-refractivity contribution < 1.29 is 29.0 Å². The normalized spacial score (nSPS) is 11.6. The molecule has 6 heteroatoms. The second-order valence-electron chi connectivity index (χ2n) is 2.84. The van der Waals surface area contributed by atoms with Gasteiger partial charge in [-0.15, -0.1) is 0 Å². The summed E-state index contributed by atoms with van der Waals surface area (Å²) in [4.78, 5) is 32.0. The SMILES string of the molecule is CCOC(=O)CC(CC(=O)O)OC(C)=O. The summed E-state index contributed by atoms with van der Waals surface area (Å²) in [5.74, 6) is -2.33. The molecule has 1 N–H and O–H groups in total. The van der Waals surface area contributed by atoms with Crippen LogP contribution in [0.5, 0.6) is 0 Å². The molecular weight excluding hydrogens is 204 g/mol. The average Bonchev–Trinajstić information content (AvgIpc) is 2.00. The number of hydrogen-bond acceptors (Lipinski definition) is 5. The smallest absolute Gasteiger partial charge is 0.309 e. The Balaban J connectivity index is 4.16. The fourth-order valence-electron chi connectivity index (χ4n) is 0.991. The Kier molecular flexibility index (Phi) is 6.08. The Hall–Kier alpha value is -1.59. The van der Waals surface area contributed by atoms with Crippen LogP contribution in [0, 0.1) is 0 Å². The minimum absolute atomic E-state index is 0.207. The van der Waals surface area contributed by atoms with Crippen molar-refractivity contribution >= 4 is 17.9 Å². The van der Waals surface area contributed by atoms with Gasteiger partial charge in [0.2, 0.25) is 0 Å². The maximum absolute atomic E-state index is 11.0. The summed E-state index contributed by atoms with van der Waals surface area (Å²) >= 11 is 0. The van der Waals surface area contributed by atoms with Gasteiger partial charge in [-0.2, -0.15) is 0 Å². The van der Waals surface area contributed by atoms with E-state index in [1.807, 2.05) is 0 Å². The van der Waals surface area contributed by atoms with E-state index in [2.05, 4.69) is 9.47 Å². The summed E-state index contributed by atoms with van der Waals surface area (Å²) < 4.78 is 9.27. The van der Waals surface area contributed by atoms with Crippen molar-refractivity contribution in [2.24, 2.45) is 0 Å². The van der Waals surface area contributed by atoms with Crippen LogP contribution in [-0.4, -0.2) is 35.7 Å². The molecule has 0 fully saturated rings. The van der Waals surface area contributed by atoms with Gasteiger partial charge in [0, 0.05) is 6.92 Å². The monoisotopic (exact) mass is 218 g/mol. The van der Waals surface area contributed by atoms with Crippen LogP contribution in [-0.2, 0) is 23.9 Å². The van der Waals surface area contributed by atoms with Crippen molar-refractivity contribution in [1.82, 2.24) is 0 Å². The maximum Gasteiger partial charge on any atom is 0.309 e. The van der Waals surface area contributed by atoms with Gasteiger partial charge in [0.05, 0.1) is 19.4 Å². The van der Waals surface area contributed by atoms with Crippen molar-refractivity contribution in [3.8, 4) is 0 Å². The van der Waals surface area contributed by atoms with Crippen LogP contribution >= 0.6 is 0 Å².